The number of halogens is 1. The fourth-order valence-electron chi connectivity index (χ4n) is 3.32. The molecule has 9 nitrogen and oxygen atoms in total. The Labute approximate surface area is 190 Å². The van der Waals surface area contributed by atoms with Gasteiger partial charge in [-0.3, -0.25) is 20.4 Å². The summed E-state index contributed by atoms with van der Waals surface area (Å²) >= 11 is 0. The fourth-order valence-corrected chi connectivity index (χ4v) is 4.86. The zero-order chi connectivity index (χ0) is 24.0. The number of aryl methyl sites for hydroxylation is 1. The number of esters is 1. The highest BCUT2D eigenvalue weighted by Gasteiger charge is 2.27. The third-order valence-corrected chi connectivity index (χ3v) is 7.04. The predicted molar refractivity (Wildman–Crippen MR) is 116 cm³/mol. The van der Waals surface area contributed by atoms with Crippen molar-refractivity contribution in [1.29, 1.82) is 0 Å². The fraction of sp³-hybridized carbons (Fsp3) is 0.318. The van der Waals surface area contributed by atoms with Crippen LogP contribution in [0.5, 0.6) is 0 Å². The van der Waals surface area contributed by atoms with E-state index in [0.717, 1.165) is 25.3 Å². The Morgan fingerprint density at radius 3 is 2.39 bits per heavy atom. The Bertz CT molecular complexity index is 1160. The summed E-state index contributed by atoms with van der Waals surface area (Å²) in [5.41, 5.74) is 4.27. The van der Waals surface area contributed by atoms with Crippen LogP contribution in [0.25, 0.3) is 0 Å². The highest BCUT2D eigenvalue weighted by molar-refractivity contribution is 7.89. The number of sulfonamides is 1. The molecule has 0 spiro atoms. The van der Waals surface area contributed by atoms with Crippen molar-refractivity contribution in [2.75, 3.05) is 19.7 Å². The van der Waals surface area contributed by atoms with Crippen LogP contribution < -0.4 is 10.9 Å². The minimum atomic E-state index is -3.75. The second-order valence-electron chi connectivity index (χ2n) is 7.50. The van der Waals surface area contributed by atoms with Gasteiger partial charge in [-0.2, -0.15) is 4.31 Å². The topological polar surface area (TPSA) is 122 Å². The molecule has 1 heterocycles. The molecule has 0 aliphatic carbocycles. The molecule has 0 radical (unpaired) electrons. The van der Waals surface area contributed by atoms with E-state index in [0.29, 0.717) is 18.7 Å². The summed E-state index contributed by atoms with van der Waals surface area (Å²) in [6.45, 7) is 1.73. The molecule has 176 valence electrons. The normalized spacial score (nSPS) is 14.4. The minimum Gasteiger partial charge on any atom is -0.452 e. The number of nitrogens with one attached hydrogen (secondary N) is 2. The number of carbonyl (C=O) groups is 3. The molecule has 2 N–H and O–H groups in total. The first-order valence-corrected chi connectivity index (χ1v) is 11.8. The van der Waals surface area contributed by atoms with Gasteiger partial charge in [0, 0.05) is 13.1 Å². The van der Waals surface area contributed by atoms with Crippen LogP contribution in [0, 0.1) is 12.7 Å². The Morgan fingerprint density at radius 2 is 1.70 bits per heavy atom. The Morgan fingerprint density at radius 1 is 1.00 bits per heavy atom. The lowest BCUT2D eigenvalue weighted by Gasteiger charge is -2.26. The van der Waals surface area contributed by atoms with E-state index in [2.05, 4.69) is 0 Å². The van der Waals surface area contributed by atoms with Crippen LogP contribution in [0.4, 0.5) is 4.39 Å². The summed E-state index contributed by atoms with van der Waals surface area (Å²) in [4.78, 5) is 36.3. The van der Waals surface area contributed by atoms with Gasteiger partial charge in [0.1, 0.15) is 5.82 Å². The second kappa shape index (κ2) is 10.5. The van der Waals surface area contributed by atoms with Crippen molar-refractivity contribution >= 4 is 27.8 Å². The standard InChI is InChI=1S/C22H24FN3O6S/c1-15-9-10-16(33(30,31)26-11-5-2-6-12-26)13-18(15)22(29)32-14-20(27)24-25-21(28)17-7-3-4-8-19(17)23/h3-4,7-10,13H,2,5-6,11-12,14H2,1H3,(H,24,27)(H,25,28). The summed E-state index contributed by atoms with van der Waals surface area (Å²) in [5.74, 6) is -3.38. The van der Waals surface area contributed by atoms with Gasteiger partial charge in [-0.05, 0) is 49.6 Å². The highest BCUT2D eigenvalue weighted by atomic mass is 32.2. The number of ether oxygens (including phenoxy) is 1. The highest BCUT2D eigenvalue weighted by Crippen LogP contribution is 2.23. The number of rotatable bonds is 6. The smallest absolute Gasteiger partial charge is 0.338 e. The molecular weight excluding hydrogens is 453 g/mol. The van der Waals surface area contributed by atoms with E-state index in [4.69, 9.17) is 4.74 Å². The molecule has 2 aromatic rings. The molecule has 0 unspecified atom stereocenters. The zero-order valence-electron chi connectivity index (χ0n) is 18.0. The molecule has 3 rings (SSSR count). The van der Waals surface area contributed by atoms with Crippen LogP contribution in [0.3, 0.4) is 0 Å². The lowest BCUT2D eigenvalue weighted by molar-refractivity contribution is -0.125. The molecule has 2 amide bonds. The second-order valence-corrected chi connectivity index (χ2v) is 9.44. The quantitative estimate of drug-likeness (QED) is 0.484. The Hall–Kier alpha value is -3.31. The lowest BCUT2D eigenvalue weighted by atomic mass is 10.1. The number of amides is 2. The van der Waals surface area contributed by atoms with E-state index in [-0.39, 0.29) is 16.0 Å². The van der Waals surface area contributed by atoms with E-state index in [9.17, 15) is 27.2 Å². The van der Waals surface area contributed by atoms with Crippen molar-refractivity contribution in [3.8, 4) is 0 Å². The lowest BCUT2D eigenvalue weighted by Crippen LogP contribution is -2.43. The molecule has 0 saturated carbocycles. The van der Waals surface area contributed by atoms with Gasteiger partial charge in [0.2, 0.25) is 10.0 Å². The number of hydrogen-bond acceptors (Lipinski definition) is 6. The van der Waals surface area contributed by atoms with E-state index < -0.39 is 40.2 Å². The first-order chi connectivity index (χ1) is 15.7. The van der Waals surface area contributed by atoms with Gasteiger partial charge in [0.25, 0.3) is 11.8 Å². The van der Waals surface area contributed by atoms with Gasteiger partial charge >= 0.3 is 5.97 Å². The van der Waals surface area contributed by atoms with E-state index in [1.807, 2.05) is 10.9 Å². The van der Waals surface area contributed by atoms with E-state index in [1.54, 1.807) is 6.92 Å². The van der Waals surface area contributed by atoms with Gasteiger partial charge in [0.15, 0.2) is 6.61 Å². The van der Waals surface area contributed by atoms with Crippen molar-refractivity contribution < 1.29 is 31.9 Å². The van der Waals surface area contributed by atoms with Gasteiger partial charge in [-0.25, -0.2) is 17.6 Å². The molecule has 1 saturated heterocycles. The van der Waals surface area contributed by atoms with Gasteiger partial charge < -0.3 is 4.74 Å². The van der Waals surface area contributed by atoms with Crippen LogP contribution in [-0.4, -0.2) is 50.2 Å². The maximum atomic E-state index is 13.6. The molecule has 1 fully saturated rings. The number of benzene rings is 2. The largest absolute Gasteiger partial charge is 0.452 e. The van der Waals surface area contributed by atoms with E-state index in [1.165, 1.54) is 40.7 Å². The maximum Gasteiger partial charge on any atom is 0.338 e. The van der Waals surface area contributed by atoms with Crippen molar-refractivity contribution in [3.05, 3.63) is 65.0 Å². The van der Waals surface area contributed by atoms with Gasteiger partial charge in [0.05, 0.1) is 16.0 Å². The summed E-state index contributed by atoms with van der Waals surface area (Å²) in [5, 5.41) is 0. The molecule has 2 aromatic carbocycles. The molecule has 1 aliphatic rings. The Kier molecular flexibility index (Phi) is 7.77. The molecule has 1 aliphatic heterocycles. The minimum absolute atomic E-state index is 0.0104. The number of hydrazine groups is 1. The zero-order valence-corrected chi connectivity index (χ0v) is 18.8. The molecule has 33 heavy (non-hydrogen) atoms. The van der Waals surface area contributed by atoms with Crippen molar-refractivity contribution in [2.45, 2.75) is 31.1 Å². The third-order valence-electron chi connectivity index (χ3n) is 5.15. The summed E-state index contributed by atoms with van der Waals surface area (Å²) < 4.78 is 45.7. The summed E-state index contributed by atoms with van der Waals surface area (Å²) in [6.07, 6.45) is 2.53. The number of carbonyl (C=O) groups excluding carboxylic acids is 3. The average Bonchev–Trinajstić information content (AvgIpc) is 2.82. The molecule has 0 aromatic heterocycles. The van der Waals surface area contributed by atoms with Crippen molar-refractivity contribution in [3.63, 3.8) is 0 Å². The van der Waals surface area contributed by atoms with Gasteiger partial charge in [-0.15, -0.1) is 0 Å². The predicted octanol–water partition coefficient (Wildman–Crippen LogP) is 1.93. The van der Waals surface area contributed by atoms with Crippen LogP contribution in [0.1, 0.15) is 45.5 Å². The SMILES string of the molecule is Cc1ccc(S(=O)(=O)N2CCCCC2)cc1C(=O)OCC(=O)NNC(=O)c1ccccc1F. The van der Waals surface area contributed by atoms with Crippen LogP contribution in [-0.2, 0) is 19.6 Å². The number of nitrogens with zero attached hydrogens (tertiary/aromatic N) is 1. The van der Waals surface area contributed by atoms with Crippen LogP contribution >= 0.6 is 0 Å². The van der Waals surface area contributed by atoms with Crippen molar-refractivity contribution in [1.82, 2.24) is 15.2 Å². The van der Waals surface area contributed by atoms with Crippen molar-refractivity contribution in [2.24, 2.45) is 0 Å². The number of piperidine rings is 1. The molecule has 0 bridgehead atoms. The monoisotopic (exact) mass is 477 g/mol. The molecular formula is C22H24FN3O6S. The molecule has 0 atom stereocenters. The number of hydrogen-bond donors (Lipinski definition) is 2. The van der Waals surface area contributed by atoms with Crippen LogP contribution in [0.2, 0.25) is 0 Å². The first-order valence-electron chi connectivity index (χ1n) is 10.3. The van der Waals surface area contributed by atoms with Crippen LogP contribution in [0.15, 0.2) is 47.4 Å². The van der Waals surface area contributed by atoms with Gasteiger partial charge in [-0.1, -0.05) is 24.6 Å². The third kappa shape index (κ3) is 5.93. The van der Waals surface area contributed by atoms with E-state index >= 15 is 0 Å². The summed E-state index contributed by atoms with van der Waals surface area (Å²) in [7, 11) is -3.75. The molecule has 11 heteroatoms. The first kappa shape index (κ1) is 24.3. The maximum absolute atomic E-state index is 13.6. The average molecular weight is 478 g/mol. The summed E-state index contributed by atoms with van der Waals surface area (Å²) in [6, 6.07) is 9.38. The Balaban J connectivity index is 1.59.